The van der Waals surface area contributed by atoms with Crippen LogP contribution in [0.15, 0.2) is 84.0 Å². The van der Waals surface area contributed by atoms with Gasteiger partial charge in [-0.05, 0) is 36.8 Å². The van der Waals surface area contributed by atoms with Crippen molar-refractivity contribution in [3.63, 3.8) is 0 Å². The smallest absolute Gasteiger partial charge is 0.280 e. The minimum atomic E-state index is -0.793. The van der Waals surface area contributed by atoms with E-state index in [-0.39, 0.29) is 5.69 Å². The molecule has 0 bridgehead atoms. The van der Waals surface area contributed by atoms with Crippen LogP contribution in [0.25, 0.3) is 0 Å². The van der Waals surface area contributed by atoms with Crippen LogP contribution in [0.1, 0.15) is 18.1 Å². The minimum absolute atomic E-state index is 0.0526. The summed E-state index contributed by atoms with van der Waals surface area (Å²) in [4.78, 5) is 22.4. The molecular formula is C23H21N3O5. The molecule has 0 saturated carbocycles. The molecule has 3 rings (SSSR count). The first kappa shape index (κ1) is 21.5. The molecule has 1 N–H and O–H groups in total. The summed E-state index contributed by atoms with van der Waals surface area (Å²) in [5.74, 6) is 0.748. The van der Waals surface area contributed by atoms with Gasteiger partial charge in [0, 0.05) is 17.7 Å². The highest BCUT2D eigenvalue weighted by Gasteiger charge is 2.14. The van der Waals surface area contributed by atoms with Crippen LogP contribution in [0.4, 0.5) is 5.69 Å². The molecule has 0 aliphatic carbocycles. The van der Waals surface area contributed by atoms with E-state index >= 15 is 0 Å². The predicted octanol–water partition coefficient (Wildman–Crippen LogP) is 4.09. The summed E-state index contributed by atoms with van der Waals surface area (Å²) in [6, 6.07) is 22.7. The molecular weight excluding hydrogens is 398 g/mol. The second kappa shape index (κ2) is 10.5. The Morgan fingerprint density at radius 2 is 1.77 bits per heavy atom. The van der Waals surface area contributed by atoms with Crippen LogP contribution < -0.4 is 14.9 Å². The number of nitrogens with one attached hydrogen (secondary N) is 1. The number of hydrogen-bond donors (Lipinski definition) is 1. The van der Waals surface area contributed by atoms with E-state index in [1.54, 1.807) is 43.3 Å². The lowest BCUT2D eigenvalue weighted by atomic mass is 10.2. The monoisotopic (exact) mass is 419 g/mol. The van der Waals surface area contributed by atoms with Gasteiger partial charge >= 0.3 is 0 Å². The first-order valence-corrected chi connectivity index (χ1v) is 9.52. The van der Waals surface area contributed by atoms with Crippen LogP contribution in [-0.2, 0) is 11.4 Å². The summed E-state index contributed by atoms with van der Waals surface area (Å²) in [7, 11) is 0. The van der Waals surface area contributed by atoms with Crippen LogP contribution in [-0.4, -0.2) is 23.1 Å². The van der Waals surface area contributed by atoms with Gasteiger partial charge in [-0.3, -0.25) is 14.9 Å². The highest BCUT2D eigenvalue weighted by Crippen LogP contribution is 2.19. The van der Waals surface area contributed by atoms with Gasteiger partial charge in [-0.1, -0.05) is 42.5 Å². The second-order valence-corrected chi connectivity index (χ2v) is 6.59. The van der Waals surface area contributed by atoms with E-state index in [0.717, 1.165) is 5.56 Å². The fourth-order valence-corrected chi connectivity index (χ4v) is 2.59. The summed E-state index contributed by atoms with van der Waals surface area (Å²) in [6.45, 7) is 2.06. The second-order valence-electron chi connectivity index (χ2n) is 6.59. The molecule has 1 amide bonds. The zero-order valence-electron chi connectivity index (χ0n) is 16.8. The summed E-state index contributed by atoms with van der Waals surface area (Å²) in [6.07, 6.45) is 0.537. The lowest BCUT2D eigenvalue weighted by Gasteiger charge is -2.13. The molecule has 0 radical (unpaired) electrons. The molecule has 8 nitrogen and oxygen atoms in total. The standard InChI is InChI=1S/C23H21N3O5/c1-17(23(27)25-24-15-19-8-5-9-20(14-19)26(28)29)31-22-12-10-21(11-13-22)30-16-18-6-3-2-4-7-18/h2-15,17H,16H2,1H3,(H,25,27)/b24-15-. The van der Waals surface area contributed by atoms with E-state index in [1.807, 2.05) is 30.3 Å². The molecule has 8 heteroatoms. The number of carbonyl (C=O) groups excluding carboxylic acids is 1. The van der Waals surface area contributed by atoms with Crippen molar-refractivity contribution in [3.8, 4) is 11.5 Å². The first-order valence-electron chi connectivity index (χ1n) is 9.52. The molecule has 0 saturated heterocycles. The average Bonchev–Trinajstić information content (AvgIpc) is 2.79. The fourth-order valence-electron chi connectivity index (χ4n) is 2.59. The van der Waals surface area contributed by atoms with Crippen LogP contribution in [0.3, 0.4) is 0 Å². The molecule has 3 aromatic carbocycles. The maximum Gasteiger partial charge on any atom is 0.280 e. The number of carbonyl (C=O) groups is 1. The Morgan fingerprint density at radius 1 is 1.06 bits per heavy atom. The fraction of sp³-hybridized carbons (Fsp3) is 0.130. The Labute approximate surface area is 179 Å². The van der Waals surface area contributed by atoms with Gasteiger partial charge in [0.25, 0.3) is 11.6 Å². The Kier molecular flexibility index (Phi) is 7.31. The number of non-ortho nitro benzene ring substituents is 1. The zero-order chi connectivity index (χ0) is 22.1. The van der Waals surface area contributed by atoms with E-state index in [0.29, 0.717) is 23.7 Å². The molecule has 0 spiro atoms. The van der Waals surface area contributed by atoms with E-state index < -0.39 is 16.9 Å². The van der Waals surface area contributed by atoms with Gasteiger partial charge < -0.3 is 9.47 Å². The van der Waals surface area contributed by atoms with E-state index in [2.05, 4.69) is 10.5 Å². The number of benzene rings is 3. The Hall–Kier alpha value is -4.20. The van der Waals surface area contributed by atoms with E-state index in [9.17, 15) is 14.9 Å². The highest BCUT2D eigenvalue weighted by molar-refractivity contribution is 5.84. The van der Waals surface area contributed by atoms with Gasteiger partial charge in [-0.2, -0.15) is 5.10 Å². The normalized spacial score (nSPS) is 11.6. The van der Waals surface area contributed by atoms with Crippen LogP contribution in [0.2, 0.25) is 0 Å². The highest BCUT2D eigenvalue weighted by atomic mass is 16.6. The number of hydrazone groups is 1. The maximum atomic E-state index is 12.2. The van der Waals surface area contributed by atoms with Gasteiger partial charge in [0.15, 0.2) is 6.10 Å². The van der Waals surface area contributed by atoms with Gasteiger partial charge in [-0.25, -0.2) is 5.43 Å². The van der Waals surface area contributed by atoms with Crippen molar-refractivity contribution in [1.29, 1.82) is 0 Å². The van der Waals surface area contributed by atoms with Crippen molar-refractivity contribution in [1.82, 2.24) is 5.43 Å². The molecule has 31 heavy (non-hydrogen) atoms. The van der Waals surface area contributed by atoms with Crippen LogP contribution >= 0.6 is 0 Å². The number of nitrogens with zero attached hydrogens (tertiary/aromatic N) is 2. The number of nitro groups is 1. The van der Waals surface area contributed by atoms with Crippen LogP contribution in [0.5, 0.6) is 11.5 Å². The summed E-state index contributed by atoms with van der Waals surface area (Å²) in [5, 5.41) is 14.6. The van der Waals surface area contributed by atoms with Gasteiger partial charge in [0.2, 0.25) is 0 Å². The number of amides is 1. The van der Waals surface area contributed by atoms with Crippen molar-refractivity contribution in [2.75, 3.05) is 0 Å². The topological polar surface area (TPSA) is 103 Å². The number of ether oxygens (including phenoxy) is 2. The van der Waals surface area contributed by atoms with Gasteiger partial charge in [0.05, 0.1) is 11.1 Å². The lowest BCUT2D eigenvalue weighted by molar-refractivity contribution is -0.384. The van der Waals surface area contributed by atoms with Crippen molar-refractivity contribution >= 4 is 17.8 Å². The molecule has 0 aromatic heterocycles. The van der Waals surface area contributed by atoms with Crippen molar-refractivity contribution in [2.45, 2.75) is 19.6 Å². The molecule has 1 atom stereocenters. The molecule has 1 unspecified atom stereocenters. The molecule has 0 fully saturated rings. The first-order chi connectivity index (χ1) is 15.0. The quantitative estimate of drug-likeness (QED) is 0.320. The number of rotatable bonds is 9. The summed E-state index contributed by atoms with van der Waals surface area (Å²) in [5.41, 5.74) is 3.87. The average molecular weight is 419 g/mol. The zero-order valence-corrected chi connectivity index (χ0v) is 16.8. The third-order valence-electron chi connectivity index (χ3n) is 4.22. The van der Waals surface area contributed by atoms with Crippen LogP contribution in [0, 0.1) is 10.1 Å². The van der Waals surface area contributed by atoms with Gasteiger partial charge in [-0.15, -0.1) is 0 Å². The number of nitro benzene ring substituents is 1. The van der Waals surface area contributed by atoms with E-state index in [1.165, 1.54) is 18.3 Å². The molecule has 0 heterocycles. The van der Waals surface area contributed by atoms with Crippen molar-refractivity contribution in [2.24, 2.45) is 5.10 Å². The Morgan fingerprint density at radius 3 is 2.48 bits per heavy atom. The third kappa shape index (κ3) is 6.67. The number of hydrogen-bond acceptors (Lipinski definition) is 6. The largest absolute Gasteiger partial charge is 0.489 e. The molecule has 3 aromatic rings. The minimum Gasteiger partial charge on any atom is -0.489 e. The predicted molar refractivity (Wildman–Crippen MR) is 116 cm³/mol. The maximum absolute atomic E-state index is 12.2. The lowest BCUT2D eigenvalue weighted by Crippen LogP contribution is -2.33. The third-order valence-corrected chi connectivity index (χ3v) is 4.22. The van der Waals surface area contributed by atoms with E-state index in [4.69, 9.17) is 9.47 Å². The van der Waals surface area contributed by atoms with Crippen molar-refractivity contribution < 1.29 is 19.2 Å². The van der Waals surface area contributed by atoms with Gasteiger partial charge in [0.1, 0.15) is 18.1 Å². The summed E-state index contributed by atoms with van der Waals surface area (Å²) >= 11 is 0. The Bertz CT molecular complexity index is 1050. The Balaban J connectivity index is 1.47. The summed E-state index contributed by atoms with van der Waals surface area (Å²) < 4.78 is 11.3. The molecule has 158 valence electrons. The SMILES string of the molecule is CC(Oc1ccc(OCc2ccccc2)cc1)C(=O)N/N=C\c1cccc([N+](=O)[O-])c1. The molecule has 0 aliphatic heterocycles. The van der Waals surface area contributed by atoms with Crippen molar-refractivity contribution in [3.05, 3.63) is 100 Å². The molecule has 0 aliphatic rings.